The van der Waals surface area contributed by atoms with E-state index >= 15 is 0 Å². The van der Waals surface area contributed by atoms with Gasteiger partial charge in [-0.2, -0.15) is 12.6 Å². The van der Waals surface area contributed by atoms with Crippen LogP contribution in [-0.2, 0) is 4.79 Å². The largest absolute Gasteiger partial charge is 0.342 e. The lowest BCUT2D eigenvalue weighted by atomic mass is 9.96. The topological polar surface area (TPSA) is 46.3 Å². The molecule has 0 spiro atoms. The molecular weight excluding hydrogens is 196 g/mol. The van der Waals surface area contributed by atoms with Gasteiger partial charge in [0.2, 0.25) is 5.91 Å². The Bertz CT molecular complexity index is 187. The molecule has 0 radical (unpaired) electrons. The van der Waals surface area contributed by atoms with Crippen LogP contribution in [0.1, 0.15) is 25.7 Å². The number of nitrogens with zero attached hydrogens (tertiary/aromatic N) is 1. The minimum atomic E-state index is 0.158. The second kappa shape index (κ2) is 6.30. The van der Waals surface area contributed by atoms with Crippen molar-refractivity contribution in [1.82, 2.24) is 4.90 Å². The van der Waals surface area contributed by atoms with E-state index in [0.29, 0.717) is 11.7 Å². The average Bonchev–Trinajstić information content (AvgIpc) is 2.17. The van der Waals surface area contributed by atoms with E-state index in [1.54, 1.807) is 0 Å². The molecule has 1 rings (SSSR count). The van der Waals surface area contributed by atoms with Crippen molar-refractivity contribution in [2.75, 3.05) is 25.4 Å². The van der Waals surface area contributed by atoms with E-state index in [2.05, 4.69) is 12.6 Å². The number of thiol groups is 1. The van der Waals surface area contributed by atoms with Crippen LogP contribution in [0.4, 0.5) is 0 Å². The van der Waals surface area contributed by atoms with Gasteiger partial charge in [-0.3, -0.25) is 4.79 Å². The van der Waals surface area contributed by atoms with Crippen molar-refractivity contribution in [3.63, 3.8) is 0 Å². The Kier molecular flexibility index (Phi) is 5.33. The molecule has 0 aromatic carbocycles. The number of carbonyl (C=O) groups is 1. The van der Waals surface area contributed by atoms with Crippen molar-refractivity contribution in [2.24, 2.45) is 11.7 Å². The van der Waals surface area contributed by atoms with Crippen LogP contribution in [0, 0.1) is 5.92 Å². The van der Waals surface area contributed by atoms with E-state index in [1.807, 2.05) is 4.90 Å². The molecule has 3 nitrogen and oxygen atoms in total. The van der Waals surface area contributed by atoms with Crippen molar-refractivity contribution in [3.8, 4) is 0 Å². The zero-order valence-corrected chi connectivity index (χ0v) is 9.51. The smallest absolute Gasteiger partial charge is 0.232 e. The van der Waals surface area contributed by atoms with Gasteiger partial charge in [-0.15, -0.1) is 0 Å². The maximum Gasteiger partial charge on any atom is 0.232 e. The summed E-state index contributed by atoms with van der Waals surface area (Å²) >= 11 is 4.02. The summed E-state index contributed by atoms with van der Waals surface area (Å²) in [7, 11) is 0. The van der Waals surface area contributed by atoms with Crippen LogP contribution in [0.15, 0.2) is 0 Å². The van der Waals surface area contributed by atoms with Crippen LogP contribution in [-0.4, -0.2) is 36.2 Å². The molecule has 1 fully saturated rings. The first-order valence-corrected chi connectivity index (χ1v) is 6.00. The number of rotatable bonds is 2. The summed E-state index contributed by atoms with van der Waals surface area (Å²) < 4.78 is 0. The van der Waals surface area contributed by atoms with E-state index in [0.717, 1.165) is 32.5 Å². The maximum atomic E-state index is 11.4. The molecule has 1 atom stereocenters. The highest BCUT2D eigenvalue weighted by Gasteiger charge is 2.17. The molecule has 0 aromatic rings. The minimum Gasteiger partial charge on any atom is -0.342 e. The van der Waals surface area contributed by atoms with Gasteiger partial charge in [0.25, 0.3) is 0 Å². The number of amides is 1. The third-order valence-corrected chi connectivity index (χ3v) is 3.19. The number of hydrogen-bond acceptors (Lipinski definition) is 3. The van der Waals surface area contributed by atoms with Gasteiger partial charge in [-0.05, 0) is 31.7 Å². The molecule has 0 aliphatic carbocycles. The van der Waals surface area contributed by atoms with Crippen LogP contribution in [0.2, 0.25) is 0 Å². The zero-order valence-electron chi connectivity index (χ0n) is 8.61. The molecule has 1 aliphatic heterocycles. The Labute approximate surface area is 91.4 Å². The van der Waals surface area contributed by atoms with Gasteiger partial charge in [0.1, 0.15) is 0 Å². The SMILES string of the molecule is NCC1CCCCN(C(=O)CS)CC1. The summed E-state index contributed by atoms with van der Waals surface area (Å²) in [5.41, 5.74) is 5.66. The maximum absolute atomic E-state index is 11.4. The zero-order chi connectivity index (χ0) is 10.4. The number of likely N-dealkylation sites (tertiary alicyclic amines) is 1. The molecule has 0 aromatic heterocycles. The van der Waals surface area contributed by atoms with Gasteiger partial charge in [0, 0.05) is 13.1 Å². The first kappa shape index (κ1) is 11.9. The molecule has 82 valence electrons. The molecule has 2 N–H and O–H groups in total. The summed E-state index contributed by atoms with van der Waals surface area (Å²) in [6, 6.07) is 0. The van der Waals surface area contributed by atoms with Crippen molar-refractivity contribution in [2.45, 2.75) is 25.7 Å². The van der Waals surface area contributed by atoms with Gasteiger partial charge >= 0.3 is 0 Å². The standard InChI is InChI=1S/C10H20N2OS/c11-7-9-3-1-2-5-12(6-4-9)10(13)8-14/h9,14H,1-8,11H2. The van der Waals surface area contributed by atoms with Crippen molar-refractivity contribution >= 4 is 18.5 Å². The van der Waals surface area contributed by atoms with E-state index in [-0.39, 0.29) is 5.91 Å². The van der Waals surface area contributed by atoms with E-state index in [4.69, 9.17) is 5.73 Å². The Morgan fingerprint density at radius 1 is 1.36 bits per heavy atom. The Hall–Kier alpha value is -0.220. The molecular formula is C10H20N2OS. The summed E-state index contributed by atoms with van der Waals surface area (Å²) in [4.78, 5) is 13.4. The Balaban J connectivity index is 2.42. The lowest BCUT2D eigenvalue weighted by Gasteiger charge is -2.27. The van der Waals surface area contributed by atoms with Gasteiger partial charge in [0.05, 0.1) is 5.75 Å². The first-order valence-electron chi connectivity index (χ1n) is 5.36. The predicted molar refractivity (Wildman–Crippen MR) is 61.4 cm³/mol. The lowest BCUT2D eigenvalue weighted by molar-refractivity contribution is -0.128. The number of nitrogens with two attached hydrogens (primary N) is 1. The van der Waals surface area contributed by atoms with Gasteiger partial charge in [0.15, 0.2) is 0 Å². The monoisotopic (exact) mass is 216 g/mol. The molecule has 1 saturated heterocycles. The third-order valence-electron chi connectivity index (χ3n) is 2.92. The molecule has 0 bridgehead atoms. The minimum absolute atomic E-state index is 0.158. The average molecular weight is 216 g/mol. The van der Waals surface area contributed by atoms with Gasteiger partial charge in [-0.25, -0.2) is 0 Å². The van der Waals surface area contributed by atoms with Crippen molar-refractivity contribution < 1.29 is 4.79 Å². The molecule has 1 unspecified atom stereocenters. The lowest BCUT2D eigenvalue weighted by Crippen LogP contribution is -2.36. The highest BCUT2D eigenvalue weighted by Crippen LogP contribution is 2.16. The fourth-order valence-electron chi connectivity index (χ4n) is 1.92. The summed E-state index contributed by atoms with van der Waals surface area (Å²) in [5, 5.41) is 0. The molecule has 1 heterocycles. The third kappa shape index (κ3) is 3.50. The summed E-state index contributed by atoms with van der Waals surface area (Å²) in [6.45, 7) is 2.51. The molecule has 14 heavy (non-hydrogen) atoms. The highest BCUT2D eigenvalue weighted by atomic mass is 32.1. The van der Waals surface area contributed by atoms with E-state index < -0.39 is 0 Å². The van der Waals surface area contributed by atoms with E-state index in [9.17, 15) is 4.79 Å². The predicted octanol–water partition coefficient (Wildman–Crippen LogP) is 0.894. The number of hydrogen-bond donors (Lipinski definition) is 2. The quantitative estimate of drug-likeness (QED) is 0.674. The van der Waals surface area contributed by atoms with Crippen molar-refractivity contribution in [1.29, 1.82) is 0 Å². The Morgan fingerprint density at radius 3 is 2.79 bits per heavy atom. The van der Waals surface area contributed by atoms with Crippen LogP contribution >= 0.6 is 12.6 Å². The molecule has 1 aliphatic rings. The normalized spacial score (nSPS) is 24.1. The highest BCUT2D eigenvalue weighted by molar-refractivity contribution is 7.81. The van der Waals surface area contributed by atoms with Gasteiger partial charge in [-0.1, -0.05) is 6.42 Å². The van der Waals surface area contributed by atoms with Crippen LogP contribution in [0.5, 0.6) is 0 Å². The van der Waals surface area contributed by atoms with Crippen LogP contribution < -0.4 is 5.73 Å². The summed E-state index contributed by atoms with van der Waals surface area (Å²) in [6.07, 6.45) is 4.57. The summed E-state index contributed by atoms with van der Waals surface area (Å²) in [5.74, 6) is 1.09. The van der Waals surface area contributed by atoms with Gasteiger partial charge < -0.3 is 10.6 Å². The van der Waals surface area contributed by atoms with Crippen LogP contribution in [0.3, 0.4) is 0 Å². The molecule has 0 saturated carbocycles. The second-order valence-electron chi connectivity index (χ2n) is 3.93. The van der Waals surface area contributed by atoms with E-state index in [1.165, 1.54) is 12.8 Å². The second-order valence-corrected chi connectivity index (χ2v) is 4.24. The van der Waals surface area contributed by atoms with Crippen molar-refractivity contribution in [3.05, 3.63) is 0 Å². The van der Waals surface area contributed by atoms with Crippen LogP contribution in [0.25, 0.3) is 0 Å². The molecule has 1 amide bonds. The first-order chi connectivity index (χ1) is 6.77. The molecule has 4 heteroatoms. The Morgan fingerprint density at radius 2 is 2.14 bits per heavy atom. The number of carbonyl (C=O) groups excluding carboxylic acids is 1. The fourth-order valence-corrected chi connectivity index (χ4v) is 2.12. The fraction of sp³-hybridized carbons (Fsp3) is 0.900.